The van der Waals surface area contributed by atoms with E-state index in [0.29, 0.717) is 13.1 Å². The molecule has 3 unspecified atom stereocenters. The molecule has 1 saturated heterocycles. The van der Waals surface area contributed by atoms with Crippen molar-refractivity contribution in [1.29, 1.82) is 0 Å². The molecule has 0 spiro atoms. The standard InChI is InChI=1S/C13H17N3O4S.ClH/c14-11-6-5-9-7-15(8-10(9)11)21(19,20)13-4-2-1-3-12(13)16(17)18;/h1-4,9-11H,5-8,14H2;1H. The Kier molecular flexibility index (Phi) is 4.76. The van der Waals surface area contributed by atoms with E-state index in [1.54, 1.807) is 0 Å². The number of benzene rings is 1. The average molecular weight is 348 g/mol. The van der Waals surface area contributed by atoms with Gasteiger partial charge >= 0.3 is 0 Å². The van der Waals surface area contributed by atoms with Crippen LogP contribution in [-0.4, -0.2) is 36.8 Å². The molecule has 0 bridgehead atoms. The second-order valence-corrected chi connectivity index (χ2v) is 7.62. The van der Waals surface area contributed by atoms with Crippen LogP contribution in [0.3, 0.4) is 0 Å². The molecule has 3 rings (SSSR count). The van der Waals surface area contributed by atoms with Gasteiger partial charge in [-0.25, -0.2) is 8.42 Å². The van der Waals surface area contributed by atoms with E-state index < -0.39 is 14.9 Å². The molecular formula is C13H18ClN3O4S. The molecule has 1 heterocycles. The van der Waals surface area contributed by atoms with Crippen molar-refractivity contribution in [3.8, 4) is 0 Å². The zero-order chi connectivity index (χ0) is 15.2. The van der Waals surface area contributed by atoms with Crippen LogP contribution < -0.4 is 5.73 Å². The van der Waals surface area contributed by atoms with E-state index in [1.165, 1.54) is 28.6 Å². The SMILES string of the molecule is Cl.NC1CCC2CN(S(=O)(=O)c3ccccc3[N+](=O)[O-])CC12. The van der Waals surface area contributed by atoms with E-state index in [0.717, 1.165) is 12.8 Å². The summed E-state index contributed by atoms with van der Waals surface area (Å²) >= 11 is 0. The summed E-state index contributed by atoms with van der Waals surface area (Å²) in [7, 11) is -3.84. The van der Waals surface area contributed by atoms with Crippen molar-refractivity contribution in [2.24, 2.45) is 17.6 Å². The second-order valence-electron chi connectivity index (χ2n) is 5.71. The Labute approximate surface area is 135 Å². The lowest BCUT2D eigenvalue weighted by Crippen LogP contribution is -2.33. The Balaban J connectivity index is 0.00000176. The normalized spacial score (nSPS) is 28.1. The van der Waals surface area contributed by atoms with Gasteiger partial charge in [-0.05, 0) is 30.7 Å². The first-order valence-corrected chi connectivity index (χ1v) is 8.34. The van der Waals surface area contributed by atoms with Gasteiger partial charge in [0.15, 0.2) is 4.90 Å². The minimum atomic E-state index is -3.84. The summed E-state index contributed by atoms with van der Waals surface area (Å²) < 4.78 is 26.7. The number of nitrogens with two attached hydrogens (primary N) is 1. The highest BCUT2D eigenvalue weighted by Gasteiger charge is 2.46. The molecular weight excluding hydrogens is 330 g/mol. The third-order valence-corrected chi connectivity index (χ3v) is 6.44. The summed E-state index contributed by atoms with van der Waals surface area (Å²) in [5.41, 5.74) is 5.64. The predicted molar refractivity (Wildman–Crippen MR) is 83.3 cm³/mol. The fraction of sp³-hybridized carbons (Fsp3) is 0.538. The summed E-state index contributed by atoms with van der Waals surface area (Å²) in [6.45, 7) is 0.771. The number of para-hydroxylation sites is 1. The van der Waals surface area contributed by atoms with E-state index in [2.05, 4.69) is 0 Å². The molecule has 2 aliphatic rings. The van der Waals surface area contributed by atoms with Crippen molar-refractivity contribution >= 4 is 28.1 Å². The lowest BCUT2D eigenvalue weighted by molar-refractivity contribution is -0.387. The Morgan fingerprint density at radius 1 is 1.23 bits per heavy atom. The first-order chi connectivity index (χ1) is 9.91. The summed E-state index contributed by atoms with van der Waals surface area (Å²) in [5, 5.41) is 11.0. The van der Waals surface area contributed by atoms with Gasteiger partial charge in [-0.1, -0.05) is 12.1 Å². The largest absolute Gasteiger partial charge is 0.327 e. The Morgan fingerprint density at radius 2 is 1.91 bits per heavy atom. The summed E-state index contributed by atoms with van der Waals surface area (Å²) in [5.74, 6) is 0.445. The third-order valence-electron chi connectivity index (χ3n) is 4.56. The Morgan fingerprint density at radius 3 is 2.55 bits per heavy atom. The molecule has 0 amide bonds. The molecule has 1 aliphatic carbocycles. The van der Waals surface area contributed by atoms with Gasteiger partial charge < -0.3 is 5.73 Å². The van der Waals surface area contributed by atoms with Crippen LogP contribution in [0.1, 0.15) is 12.8 Å². The summed E-state index contributed by atoms with van der Waals surface area (Å²) in [6.07, 6.45) is 1.85. The highest BCUT2D eigenvalue weighted by molar-refractivity contribution is 7.89. The van der Waals surface area contributed by atoms with Crippen molar-refractivity contribution in [3.05, 3.63) is 34.4 Å². The zero-order valence-electron chi connectivity index (χ0n) is 11.8. The van der Waals surface area contributed by atoms with Crippen LogP contribution in [0.4, 0.5) is 5.69 Å². The maximum atomic E-state index is 12.7. The number of hydrogen-bond acceptors (Lipinski definition) is 5. The van der Waals surface area contributed by atoms with Gasteiger partial charge in [-0.2, -0.15) is 4.31 Å². The van der Waals surface area contributed by atoms with Crippen molar-refractivity contribution in [2.45, 2.75) is 23.8 Å². The molecule has 2 fully saturated rings. The molecule has 7 nitrogen and oxygen atoms in total. The molecule has 9 heteroatoms. The van der Waals surface area contributed by atoms with Crippen LogP contribution in [0.5, 0.6) is 0 Å². The van der Waals surface area contributed by atoms with Crippen molar-refractivity contribution < 1.29 is 13.3 Å². The van der Waals surface area contributed by atoms with E-state index in [1.807, 2.05) is 0 Å². The monoisotopic (exact) mass is 347 g/mol. The van der Waals surface area contributed by atoms with Crippen LogP contribution in [-0.2, 0) is 10.0 Å². The number of halogens is 1. The van der Waals surface area contributed by atoms with Gasteiger partial charge in [0.25, 0.3) is 5.69 Å². The molecule has 22 heavy (non-hydrogen) atoms. The number of nitrogens with zero attached hydrogens (tertiary/aromatic N) is 2. The second kappa shape index (κ2) is 6.11. The lowest BCUT2D eigenvalue weighted by Gasteiger charge is -2.18. The first-order valence-electron chi connectivity index (χ1n) is 6.90. The van der Waals surface area contributed by atoms with Crippen LogP contribution >= 0.6 is 12.4 Å². The highest BCUT2D eigenvalue weighted by atomic mass is 35.5. The van der Waals surface area contributed by atoms with Crippen molar-refractivity contribution in [1.82, 2.24) is 4.31 Å². The summed E-state index contributed by atoms with van der Waals surface area (Å²) in [6, 6.07) is 5.51. The van der Waals surface area contributed by atoms with Gasteiger partial charge in [0, 0.05) is 25.2 Å². The summed E-state index contributed by atoms with van der Waals surface area (Å²) in [4.78, 5) is 10.1. The number of nitro benzene ring substituents is 1. The quantitative estimate of drug-likeness (QED) is 0.656. The lowest BCUT2D eigenvalue weighted by atomic mass is 9.98. The third kappa shape index (κ3) is 2.71. The highest BCUT2D eigenvalue weighted by Crippen LogP contribution is 2.40. The number of fused-ring (bicyclic) bond motifs is 1. The van der Waals surface area contributed by atoms with E-state index in [-0.39, 0.29) is 40.9 Å². The molecule has 1 saturated carbocycles. The van der Waals surface area contributed by atoms with Gasteiger partial charge in [-0.3, -0.25) is 10.1 Å². The van der Waals surface area contributed by atoms with Crippen LogP contribution in [0, 0.1) is 22.0 Å². The molecule has 0 aromatic heterocycles. The topological polar surface area (TPSA) is 107 Å². The minimum Gasteiger partial charge on any atom is -0.327 e. The fourth-order valence-electron chi connectivity index (χ4n) is 3.43. The van der Waals surface area contributed by atoms with E-state index in [9.17, 15) is 18.5 Å². The van der Waals surface area contributed by atoms with Gasteiger partial charge in [-0.15, -0.1) is 12.4 Å². The van der Waals surface area contributed by atoms with E-state index >= 15 is 0 Å². The predicted octanol–water partition coefficient (Wildman–Crippen LogP) is 1.37. The molecule has 1 aromatic rings. The number of sulfonamides is 1. The van der Waals surface area contributed by atoms with Crippen LogP contribution in [0.15, 0.2) is 29.2 Å². The zero-order valence-corrected chi connectivity index (χ0v) is 13.4. The van der Waals surface area contributed by atoms with Crippen LogP contribution in [0.2, 0.25) is 0 Å². The number of hydrogen-bond donors (Lipinski definition) is 1. The van der Waals surface area contributed by atoms with Gasteiger partial charge in [0.1, 0.15) is 0 Å². The van der Waals surface area contributed by atoms with E-state index in [4.69, 9.17) is 5.73 Å². The smallest absolute Gasteiger partial charge is 0.289 e. The minimum absolute atomic E-state index is 0. The molecule has 2 N–H and O–H groups in total. The number of rotatable bonds is 3. The number of nitro groups is 1. The maximum absolute atomic E-state index is 12.7. The van der Waals surface area contributed by atoms with Crippen molar-refractivity contribution in [3.63, 3.8) is 0 Å². The van der Waals surface area contributed by atoms with Gasteiger partial charge in [0.05, 0.1) is 4.92 Å². The average Bonchev–Trinajstić information content (AvgIpc) is 3.02. The first kappa shape index (κ1) is 17.1. The van der Waals surface area contributed by atoms with Gasteiger partial charge in [0.2, 0.25) is 10.0 Å². The Bertz CT molecular complexity index is 682. The molecule has 3 atom stereocenters. The van der Waals surface area contributed by atoms with Crippen LogP contribution in [0.25, 0.3) is 0 Å². The fourth-order valence-corrected chi connectivity index (χ4v) is 5.12. The van der Waals surface area contributed by atoms with Crippen molar-refractivity contribution in [2.75, 3.05) is 13.1 Å². The molecule has 1 aromatic carbocycles. The molecule has 122 valence electrons. The molecule has 1 aliphatic heterocycles. The molecule has 0 radical (unpaired) electrons. The maximum Gasteiger partial charge on any atom is 0.289 e. The Hall–Kier alpha value is -1.22.